The summed E-state index contributed by atoms with van der Waals surface area (Å²) in [4.78, 5) is 29.5. The van der Waals surface area contributed by atoms with E-state index in [0.717, 1.165) is 17.4 Å². The van der Waals surface area contributed by atoms with Gasteiger partial charge < -0.3 is 20.2 Å². The van der Waals surface area contributed by atoms with Crippen LogP contribution in [-0.4, -0.2) is 65.6 Å². The fraction of sp³-hybridized carbons (Fsp3) is 0.583. The standard InChI is InChI=1S/C24H29N3O6S/c1-5-33-19-17-14-8-7-13(34(4,31)32)11-15(14)27(30)18(17)22(2,3)16-12-23-9-6-10-26(23)21(29)24(16,19)25-20(23)28/h7-8,11,16,19,30H,5-6,9-10,12H2,1-4H3,(H,25,28)/t16?,19?,23-,24+/m0/s1. The number of ether oxygens (including phenoxy) is 1. The molecule has 4 fully saturated rings. The van der Waals surface area contributed by atoms with Crippen molar-refractivity contribution in [3.05, 3.63) is 29.5 Å². The van der Waals surface area contributed by atoms with Crippen LogP contribution in [0.2, 0.25) is 0 Å². The Morgan fingerprint density at radius 3 is 2.68 bits per heavy atom. The van der Waals surface area contributed by atoms with E-state index in [4.69, 9.17) is 4.74 Å². The summed E-state index contributed by atoms with van der Waals surface area (Å²) in [6, 6.07) is 4.62. The summed E-state index contributed by atoms with van der Waals surface area (Å²) in [5.41, 5.74) is -1.30. The third kappa shape index (κ3) is 2.26. The Hall–Kier alpha value is -2.59. The summed E-state index contributed by atoms with van der Waals surface area (Å²) in [7, 11) is -3.50. The molecule has 2 spiro atoms. The van der Waals surface area contributed by atoms with Gasteiger partial charge in [0, 0.05) is 41.7 Å². The van der Waals surface area contributed by atoms with Crippen LogP contribution in [0.1, 0.15) is 57.4 Å². The average Bonchev–Trinajstić information content (AvgIpc) is 3.33. The summed E-state index contributed by atoms with van der Waals surface area (Å²) in [5, 5.41) is 15.1. The number of sulfone groups is 1. The second-order valence-corrected chi connectivity index (χ2v) is 12.8. The van der Waals surface area contributed by atoms with E-state index >= 15 is 0 Å². The van der Waals surface area contributed by atoms with Crippen LogP contribution in [0.4, 0.5) is 0 Å². The Kier molecular flexibility index (Phi) is 4.09. The Morgan fingerprint density at radius 2 is 2.00 bits per heavy atom. The summed E-state index contributed by atoms with van der Waals surface area (Å²) < 4.78 is 31.8. The van der Waals surface area contributed by atoms with Gasteiger partial charge in [-0.1, -0.05) is 19.9 Å². The van der Waals surface area contributed by atoms with E-state index in [0.29, 0.717) is 48.2 Å². The first-order valence-corrected chi connectivity index (χ1v) is 13.6. The van der Waals surface area contributed by atoms with Gasteiger partial charge in [0.15, 0.2) is 15.4 Å². The third-order valence-corrected chi connectivity index (χ3v) is 9.91. The Morgan fingerprint density at radius 1 is 1.26 bits per heavy atom. The molecule has 5 aliphatic rings. The molecular formula is C24H29N3O6S. The number of fused-ring (bicyclic) bond motifs is 4. The number of piperazine rings is 1. The molecule has 5 heterocycles. The number of carbonyl (C=O) groups excluding carboxylic acids is 2. The fourth-order valence-corrected chi connectivity index (χ4v) is 8.02. The number of nitrogens with zero attached hydrogens (tertiary/aromatic N) is 2. The van der Waals surface area contributed by atoms with Crippen molar-refractivity contribution in [3.8, 4) is 0 Å². The molecule has 7 rings (SSSR count). The Labute approximate surface area is 197 Å². The quantitative estimate of drug-likeness (QED) is 0.639. The highest BCUT2D eigenvalue weighted by Gasteiger charge is 2.76. The van der Waals surface area contributed by atoms with Gasteiger partial charge in [0.2, 0.25) is 5.91 Å². The zero-order valence-electron chi connectivity index (χ0n) is 19.7. The molecule has 4 aliphatic heterocycles. The molecule has 1 aromatic heterocycles. The maximum Gasteiger partial charge on any atom is 0.252 e. The molecule has 2 aromatic rings. The van der Waals surface area contributed by atoms with Crippen LogP contribution in [0.25, 0.3) is 10.9 Å². The Balaban J connectivity index is 1.69. The first-order chi connectivity index (χ1) is 15.9. The number of benzene rings is 1. The van der Waals surface area contributed by atoms with E-state index in [2.05, 4.69) is 5.32 Å². The SMILES string of the molecule is CCOC1c2c(n(O)c3cc(S(C)(=O)=O)ccc23)C(C)(C)C2C[C@]34CCCN3C(=O)[C@]12NC4=O. The fourth-order valence-electron chi connectivity index (χ4n) is 7.38. The van der Waals surface area contributed by atoms with Gasteiger partial charge in [-0.05, 0) is 38.3 Å². The van der Waals surface area contributed by atoms with Crippen molar-refractivity contribution >= 4 is 32.6 Å². The van der Waals surface area contributed by atoms with Gasteiger partial charge in [-0.25, -0.2) is 8.42 Å². The minimum atomic E-state index is -3.50. The molecule has 4 saturated heterocycles. The van der Waals surface area contributed by atoms with Crippen LogP contribution in [0.3, 0.4) is 0 Å². The van der Waals surface area contributed by atoms with Crippen molar-refractivity contribution in [3.63, 3.8) is 0 Å². The molecule has 1 aromatic carbocycles. The van der Waals surface area contributed by atoms with Crippen LogP contribution < -0.4 is 5.32 Å². The summed E-state index contributed by atoms with van der Waals surface area (Å²) in [5.74, 6) is -0.560. The van der Waals surface area contributed by atoms with E-state index in [1.54, 1.807) is 11.0 Å². The number of carbonyl (C=O) groups is 2. The normalized spacial score (nSPS) is 33.6. The minimum absolute atomic E-state index is 0.0938. The van der Waals surface area contributed by atoms with Crippen LogP contribution in [0.15, 0.2) is 23.1 Å². The summed E-state index contributed by atoms with van der Waals surface area (Å²) in [6.07, 6.45) is 2.20. The maximum absolute atomic E-state index is 14.2. The number of rotatable bonds is 3. The first-order valence-electron chi connectivity index (χ1n) is 11.8. The van der Waals surface area contributed by atoms with Crippen molar-refractivity contribution in [2.45, 2.75) is 67.5 Å². The molecule has 2 unspecified atom stereocenters. The summed E-state index contributed by atoms with van der Waals surface area (Å²) >= 11 is 0. The van der Waals surface area contributed by atoms with Gasteiger partial charge >= 0.3 is 0 Å². The summed E-state index contributed by atoms with van der Waals surface area (Å²) in [6.45, 7) is 6.65. The van der Waals surface area contributed by atoms with Gasteiger partial charge in [0.1, 0.15) is 11.6 Å². The lowest BCUT2D eigenvalue weighted by molar-refractivity contribution is -0.195. The molecule has 182 valence electrons. The van der Waals surface area contributed by atoms with Crippen molar-refractivity contribution in [1.82, 2.24) is 14.9 Å². The second-order valence-electron chi connectivity index (χ2n) is 10.8. The lowest BCUT2D eigenvalue weighted by Gasteiger charge is -2.65. The number of piperidine rings is 2. The molecule has 4 atom stereocenters. The van der Waals surface area contributed by atoms with E-state index in [-0.39, 0.29) is 22.6 Å². The average molecular weight is 488 g/mol. The highest BCUT2D eigenvalue weighted by atomic mass is 32.2. The van der Waals surface area contributed by atoms with Crippen LogP contribution in [-0.2, 0) is 29.6 Å². The smallest absolute Gasteiger partial charge is 0.252 e. The number of hydrogen-bond donors (Lipinski definition) is 2. The van der Waals surface area contributed by atoms with Crippen LogP contribution in [0.5, 0.6) is 0 Å². The molecule has 0 saturated carbocycles. The highest BCUT2D eigenvalue weighted by Crippen LogP contribution is 2.63. The third-order valence-electron chi connectivity index (χ3n) is 8.80. The topological polar surface area (TPSA) is 118 Å². The van der Waals surface area contributed by atoms with Crippen molar-refractivity contribution in [2.75, 3.05) is 19.4 Å². The maximum atomic E-state index is 14.2. The first kappa shape index (κ1) is 21.9. The van der Waals surface area contributed by atoms with Crippen molar-refractivity contribution in [2.24, 2.45) is 5.92 Å². The minimum Gasteiger partial charge on any atom is -0.428 e. The van der Waals surface area contributed by atoms with Gasteiger partial charge in [-0.15, -0.1) is 0 Å². The van der Waals surface area contributed by atoms with E-state index in [1.165, 1.54) is 12.1 Å². The highest BCUT2D eigenvalue weighted by molar-refractivity contribution is 7.90. The largest absolute Gasteiger partial charge is 0.428 e. The van der Waals surface area contributed by atoms with Crippen molar-refractivity contribution < 1.29 is 28.0 Å². The lowest BCUT2D eigenvalue weighted by atomic mass is 9.50. The number of amides is 2. The second kappa shape index (κ2) is 6.34. The van der Waals surface area contributed by atoms with E-state index in [1.807, 2.05) is 20.8 Å². The van der Waals surface area contributed by atoms with Crippen LogP contribution >= 0.6 is 0 Å². The zero-order chi connectivity index (χ0) is 24.4. The molecular weight excluding hydrogens is 458 g/mol. The zero-order valence-corrected chi connectivity index (χ0v) is 20.5. The van der Waals surface area contributed by atoms with Gasteiger partial charge in [0.05, 0.1) is 16.1 Å². The lowest BCUT2D eigenvalue weighted by Crippen LogP contribution is -2.85. The predicted molar refractivity (Wildman–Crippen MR) is 122 cm³/mol. The molecule has 2 amide bonds. The Bertz CT molecular complexity index is 1400. The van der Waals surface area contributed by atoms with Crippen molar-refractivity contribution in [1.29, 1.82) is 0 Å². The molecule has 9 nitrogen and oxygen atoms in total. The van der Waals surface area contributed by atoms with E-state index in [9.17, 15) is 23.2 Å². The van der Waals surface area contributed by atoms with Crippen LogP contribution in [0, 0.1) is 5.92 Å². The predicted octanol–water partition coefficient (Wildman–Crippen LogP) is 1.90. The molecule has 34 heavy (non-hydrogen) atoms. The number of hydrogen-bond acceptors (Lipinski definition) is 6. The molecule has 10 heteroatoms. The molecule has 2 bridgehead atoms. The van der Waals surface area contributed by atoms with Gasteiger partial charge in [0.25, 0.3) is 5.91 Å². The molecule has 1 aliphatic carbocycles. The van der Waals surface area contributed by atoms with E-state index < -0.39 is 32.4 Å². The number of aromatic nitrogens is 1. The molecule has 2 N–H and O–H groups in total. The monoisotopic (exact) mass is 487 g/mol. The molecule has 0 radical (unpaired) electrons. The number of nitrogens with one attached hydrogen (secondary N) is 1. The van der Waals surface area contributed by atoms with Gasteiger partial charge in [-0.3, -0.25) is 9.59 Å². The van der Waals surface area contributed by atoms with Gasteiger partial charge in [-0.2, -0.15) is 4.73 Å².